The van der Waals surface area contributed by atoms with E-state index in [1.807, 2.05) is 6.26 Å². The smallest absolute Gasteiger partial charge is 0.145 e. The van der Waals surface area contributed by atoms with Crippen molar-refractivity contribution in [3.05, 3.63) is 11.2 Å². The minimum atomic E-state index is 0.384. The zero-order chi connectivity index (χ0) is 4.99. The van der Waals surface area contributed by atoms with Crippen LogP contribution < -0.4 is 0 Å². The molecule has 0 aliphatic carbocycles. The average Bonchev–Trinajstić information content (AvgIpc) is 1.65. The first-order valence-corrected chi connectivity index (χ1v) is 2.93. The highest BCUT2D eigenvalue weighted by Crippen LogP contribution is 2.03. The molecule has 6 heavy (non-hydrogen) atoms. The molecule has 0 amide bonds. The number of thioether (sulfide) groups is 1. The van der Waals surface area contributed by atoms with Gasteiger partial charge in [-0.1, -0.05) is 11.8 Å². The molecule has 1 nitrogen and oxygen atoms in total. The molecule has 0 aromatic heterocycles. The molecule has 0 aromatic rings. The number of rotatable bonds is 1. The van der Waals surface area contributed by atoms with E-state index in [1.54, 1.807) is 13.0 Å². The van der Waals surface area contributed by atoms with Gasteiger partial charge in [-0.05, 0) is 19.3 Å². The van der Waals surface area contributed by atoms with E-state index in [0.717, 1.165) is 0 Å². The summed E-state index contributed by atoms with van der Waals surface area (Å²) in [6.07, 6.45) is 3.49. The van der Waals surface area contributed by atoms with Crippen LogP contribution in [0.5, 0.6) is 0 Å². The average molecular weight is 104 g/mol. The van der Waals surface area contributed by atoms with Gasteiger partial charge < -0.3 is 5.11 Å². The van der Waals surface area contributed by atoms with E-state index < -0.39 is 0 Å². The van der Waals surface area contributed by atoms with Crippen molar-refractivity contribution in [2.75, 3.05) is 6.26 Å². The Morgan fingerprint density at radius 2 is 2.33 bits per heavy atom. The summed E-state index contributed by atoms with van der Waals surface area (Å²) in [5, 5.41) is 8.88. The molecule has 0 unspecified atom stereocenters. The highest BCUT2D eigenvalue weighted by Gasteiger charge is 1.76. The highest BCUT2D eigenvalue weighted by atomic mass is 32.2. The monoisotopic (exact) mass is 104 g/mol. The summed E-state index contributed by atoms with van der Waals surface area (Å²) in [6.45, 7) is 1.80. The first kappa shape index (κ1) is 5.89. The lowest BCUT2D eigenvalue weighted by atomic mass is 10.7. The summed E-state index contributed by atoms with van der Waals surface area (Å²) in [7, 11) is 0. The van der Waals surface area contributed by atoms with Crippen molar-refractivity contribution in [1.29, 1.82) is 0 Å². The second-order valence-electron chi connectivity index (χ2n) is 0.831. The van der Waals surface area contributed by atoms with Gasteiger partial charge in [0.1, 0.15) is 5.09 Å². The first-order chi connectivity index (χ1) is 2.81. The van der Waals surface area contributed by atoms with Crippen molar-refractivity contribution in [3.63, 3.8) is 0 Å². The van der Waals surface area contributed by atoms with Crippen LogP contribution in [0.4, 0.5) is 0 Å². The molecular formula is C4H8OS. The third-order valence-corrected chi connectivity index (χ3v) is 1.11. The molecule has 0 heterocycles. The third kappa shape index (κ3) is 2.15. The molecular weight excluding hydrogens is 96.1 g/mol. The van der Waals surface area contributed by atoms with Crippen LogP contribution >= 0.6 is 11.8 Å². The maximum Gasteiger partial charge on any atom is 0.145 e. The van der Waals surface area contributed by atoms with Gasteiger partial charge in [0.25, 0.3) is 0 Å². The van der Waals surface area contributed by atoms with Gasteiger partial charge in [-0.3, -0.25) is 0 Å². The van der Waals surface area contributed by atoms with Gasteiger partial charge in [0.15, 0.2) is 0 Å². The molecule has 0 radical (unpaired) electrons. The molecule has 1 N–H and O–H groups in total. The van der Waals surface area contributed by atoms with Crippen LogP contribution in [0.3, 0.4) is 0 Å². The van der Waals surface area contributed by atoms with Gasteiger partial charge in [-0.15, -0.1) is 0 Å². The van der Waals surface area contributed by atoms with Crippen LogP contribution in [0.15, 0.2) is 11.2 Å². The van der Waals surface area contributed by atoms with Crippen molar-refractivity contribution in [3.8, 4) is 0 Å². The Morgan fingerprint density at radius 1 is 1.83 bits per heavy atom. The van der Waals surface area contributed by atoms with Gasteiger partial charge in [-0.25, -0.2) is 0 Å². The van der Waals surface area contributed by atoms with Gasteiger partial charge in [-0.2, -0.15) is 0 Å². The Hall–Kier alpha value is -0.110. The van der Waals surface area contributed by atoms with E-state index >= 15 is 0 Å². The van der Waals surface area contributed by atoms with Crippen LogP contribution in [-0.4, -0.2) is 11.4 Å². The summed E-state index contributed by atoms with van der Waals surface area (Å²) < 4.78 is 0. The summed E-state index contributed by atoms with van der Waals surface area (Å²) in [5.41, 5.74) is 0. The van der Waals surface area contributed by atoms with Gasteiger partial charge in [0, 0.05) is 0 Å². The Bertz CT molecular complexity index is 58.6. The van der Waals surface area contributed by atoms with Crippen molar-refractivity contribution >= 4 is 11.8 Å². The molecule has 0 saturated carbocycles. The van der Waals surface area contributed by atoms with Crippen LogP contribution in [0.2, 0.25) is 0 Å². The van der Waals surface area contributed by atoms with Gasteiger partial charge >= 0.3 is 0 Å². The molecule has 0 spiro atoms. The number of allylic oxidation sites excluding steroid dienone is 1. The molecule has 0 fully saturated rings. The standard InChI is InChI=1S/C4H8OS/c1-3-4(5)6-2/h3,5H,1-2H3/b4-3+. The van der Waals surface area contributed by atoms with Gasteiger partial charge in [0.2, 0.25) is 0 Å². The normalized spacial score (nSPS) is 12.0. The number of aliphatic hydroxyl groups excluding tert-OH is 1. The van der Waals surface area contributed by atoms with Crippen molar-refractivity contribution in [2.45, 2.75) is 6.92 Å². The zero-order valence-corrected chi connectivity index (χ0v) is 4.75. The van der Waals surface area contributed by atoms with E-state index in [4.69, 9.17) is 5.11 Å². The third-order valence-electron chi connectivity index (χ3n) is 0.456. The molecule has 0 aliphatic heterocycles. The lowest BCUT2D eigenvalue weighted by molar-refractivity contribution is 0.456. The van der Waals surface area contributed by atoms with E-state index in [-0.39, 0.29) is 0 Å². The van der Waals surface area contributed by atoms with Gasteiger partial charge in [0.05, 0.1) is 0 Å². The Kier molecular flexibility index (Phi) is 3.04. The van der Waals surface area contributed by atoms with E-state index in [2.05, 4.69) is 0 Å². The lowest BCUT2D eigenvalue weighted by Gasteiger charge is -1.84. The molecule has 0 aromatic carbocycles. The van der Waals surface area contributed by atoms with Crippen molar-refractivity contribution < 1.29 is 5.11 Å². The lowest BCUT2D eigenvalue weighted by Crippen LogP contribution is -1.63. The zero-order valence-electron chi connectivity index (χ0n) is 3.93. The molecule has 0 aliphatic rings. The van der Waals surface area contributed by atoms with Crippen LogP contribution in [0, 0.1) is 0 Å². The highest BCUT2D eigenvalue weighted by molar-refractivity contribution is 8.02. The minimum Gasteiger partial charge on any atom is -0.502 e. The van der Waals surface area contributed by atoms with Crippen molar-refractivity contribution in [1.82, 2.24) is 0 Å². The fraction of sp³-hybridized carbons (Fsp3) is 0.500. The van der Waals surface area contributed by atoms with Crippen LogP contribution in [-0.2, 0) is 0 Å². The molecule has 0 saturated heterocycles. The second kappa shape index (κ2) is 3.09. The van der Waals surface area contributed by atoms with Crippen LogP contribution in [0.1, 0.15) is 6.92 Å². The number of hydrogen-bond acceptors (Lipinski definition) is 2. The summed E-state index contributed by atoms with van der Waals surface area (Å²) in [4.78, 5) is 0. The second-order valence-corrected chi connectivity index (χ2v) is 1.66. The van der Waals surface area contributed by atoms with Crippen molar-refractivity contribution in [2.24, 2.45) is 0 Å². The first-order valence-electron chi connectivity index (χ1n) is 1.70. The molecule has 0 rings (SSSR count). The van der Waals surface area contributed by atoms with Crippen LogP contribution in [0.25, 0.3) is 0 Å². The van der Waals surface area contributed by atoms with E-state index in [1.165, 1.54) is 11.8 Å². The minimum absolute atomic E-state index is 0.384. The largest absolute Gasteiger partial charge is 0.502 e. The number of hydrogen-bond donors (Lipinski definition) is 1. The molecule has 0 bridgehead atoms. The van der Waals surface area contributed by atoms with E-state index in [0.29, 0.717) is 5.09 Å². The number of aliphatic hydroxyl groups is 1. The quantitative estimate of drug-likeness (QED) is 0.511. The summed E-state index contributed by atoms with van der Waals surface area (Å²) in [6, 6.07) is 0. The fourth-order valence-electron chi connectivity index (χ4n) is 0.118. The fourth-order valence-corrected chi connectivity index (χ4v) is 0.354. The summed E-state index contributed by atoms with van der Waals surface area (Å²) in [5.74, 6) is 0. The predicted molar refractivity (Wildman–Crippen MR) is 29.9 cm³/mol. The molecule has 2 heteroatoms. The topological polar surface area (TPSA) is 20.2 Å². The Labute approximate surface area is 42.1 Å². The van der Waals surface area contributed by atoms with E-state index in [9.17, 15) is 0 Å². The maximum absolute atomic E-state index is 8.49. The predicted octanol–water partition coefficient (Wildman–Crippen LogP) is 1.77. The maximum atomic E-state index is 8.49. The SMILES string of the molecule is C/C=C(\O)SC. The molecule has 36 valence electrons. The molecule has 0 atom stereocenters. The Morgan fingerprint density at radius 3 is 2.33 bits per heavy atom. The Balaban J connectivity index is 3.22. The summed E-state index contributed by atoms with van der Waals surface area (Å²) >= 11 is 1.34.